The van der Waals surface area contributed by atoms with Crippen LogP contribution in [-0.4, -0.2) is 35.8 Å². The summed E-state index contributed by atoms with van der Waals surface area (Å²) >= 11 is 0. The highest BCUT2D eigenvalue weighted by atomic mass is 28.4. The molecule has 4 nitrogen and oxygen atoms in total. The van der Waals surface area contributed by atoms with E-state index in [4.69, 9.17) is 13.6 Å². The molecule has 0 fully saturated rings. The maximum absolute atomic E-state index is 11.4. The standard InChI is InChI=1S/C37H64O4Si2/c1-13-14-17-21-32(40-42(9,10)36(2,3)4)29-23-25-31(26-24-29)35-30(20-18-15-16-19-22-34(38)39-8)27-28-33(35)41-43(11,12)37(5,6)7/h15,18,23-27,32-33,35H,13-14,16-17,19-22,28H2,1-12H3/b18-15-/t32?,33-,35+/m1/s1. The molecule has 0 aromatic heterocycles. The zero-order chi connectivity index (χ0) is 32.5. The summed E-state index contributed by atoms with van der Waals surface area (Å²) in [5, 5.41) is 0.344. The molecule has 1 aromatic carbocycles. The van der Waals surface area contributed by atoms with Crippen LogP contribution in [0.5, 0.6) is 0 Å². The monoisotopic (exact) mass is 628 g/mol. The van der Waals surface area contributed by atoms with Crippen LogP contribution in [0.2, 0.25) is 36.3 Å². The fourth-order valence-electron chi connectivity index (χ4n) is 5.21. The van der Waals surface area contributed by atoms with Gasteiger partial charge >= 0.3 is 5.97 Å². The molecule has 6 heteroatoms. The van der Waals surface area contributed by atoms with E-state index in [0.29, 0.717) is 6.42 Å². The van der Waals surface area contributed by atoms with E-state index >= 15 is 0 Å². The highest BCUT2D eigenvalue weighted by molar-refractivity contribution is 6.74. The molecule has 0 spiro atoms. The lowest BCUT2D eigenvalue weighted by atomic mass is 9.88. The highest BCUT2D eigenvalue weighted by Gasteiger charge is 2.43. The molecule has 1 aliphatic carbocycles. The third kappa shape index (κ3) is 11.1. The first-order chi connectivity index (χ1) is 19.9. The Morgan fingerprint density at radius 2 is 1.56 bits per heavy atom. The average Bonchev–Trinajstić information content (AvgIpc) is 3.30. The van der Waals surface area contributed by atoms with Crippen molar-refractivity contribution < 1.29 is 18.4 Å². The van der Waals surface area contributed by atoms with Gasteiger partial charge in [-0.25, -0.2) is 0 Å². The summed E-state index contributed by atoms with van der Waals surface area (Å²) in [6, 6.07) is 9.37. The molecular formula is C37H64O4Si2. The van der Waals surface area contributed by atoms with Crippen LogP contribution >= 0.6 is 0 Å². The van der Waals surface area contributed by atoms with Crippen molar-refractivity contribution >= 4 is 22.6 Å². The van der Waals surface area contributed by atoms with Gasteiger partial charge in [0.2, 0.25) is 0 Å². The fraction of sp³-hybridized carbons (Fsp3) is 0.703. The van der Waals surface area contributed by atoms with Gasteiger partial charge in [-0.2, -0.15) is 0 Å². The normalized spacial score (nSPS) is 19.1. The van der Waals surface area contributed by atoms with Crippen LogP contribution in [-0.2, 0) is 18.4 Å². The van der Waals surface area contributed by atoms with Crippen LogP contribution in [0.25, 0.3) is 0 Å². The second-order valence-electron chi connectivity index (χ2n) is 15.6. The van der Waals surface area contributed by atoms with Gasteiger partial charge in [0.05, 0.1) is 19.3 Å². The Hall–Kier alpha value is -1.48. The van der Waals surface area contributed by atoms with Crippen LogP contribution in [0.3, 0.4) is 0 Å². The SMILES string of the molecule is CCCCCC(O[Si](C)(C)C(C)(C)C)c1ccc([C@@H]2C(C/C=C\CCCC(=O)OC)=CC[C@H]2O[Si](C)(C)C(C)(C)C)cc1. The molecule has 0 N–H and O–H groups in total. The van der Waals surface area contributed by atoms with Gasteiger partial charge in [0.25, 0.3) is 0 Å². The van der Waals surface area contributed by atoms with Gasteiger partial charge in [-0.1, -0.05) is 116 Å². The van der Waals surface area contributed by atoms with Gasteiger partial charge in [0.1, 0.15) is 0 Å². The van der Waals surface area contributed by atoms with Crippen LogP contribution in [0.1, 0.15) is 129 Å². The van der Waals surface area contributed by atoms with E-state index in [1.165, 1.54) is 43.1 Å². The Kier molecular flexibility index (Phi) is 14.2. The molecule has 244 valence electrons. The minimum Gasteiger partial charge on any atom is -0.469 e. The number of carbonyl (C=O) groups excluding carboxylic acids is 1. The lowest BCUT2D eigenvalue weighted by Gasteiger charge is -2.40. The number of benzene rings is 1. The summed E-state index contributed by atoms with van der Waals surface area (Å²) in [4.78, 5) is 11.4. The molecule has 3 atom stereocenters. The van der Waals surface area contributed by atoms with Crippen molar-refractivity contribution in [3.05, 3.63) is 59.2 Å². The number of hydrogen-bond acceptors (Lipinski definition) is 4. The zero-order valence-electron chi connectivity index (χ0n) is 29.8. The molecular weight excluding hydrogens is 565 g/mol. The molecule has 1 aliphatic rings. The Balaban J connectivity index is 2.32. The minimum absolute atomic E-state index is 0.136. The van der Waals surface area contributed by atoms with Gasteiger partial charge in [-0.15, -0.1) is 0 Å². The van der Waals surface area contributed by atoms with E-state index < -0.39 is 16.6 Å². The number of allylic oxidation sites excluding steroid dienone is 2. The van der Waals surface area contributed by atoms with Crippen molar-refractivity contribution in [1.82, 2.24) is 0 Å². The number of esters is 1. The van der Waals surface area contributed by atoms with Crippen molar-refractivity contribution in [2.24, 2.45) is 0 Å². The van der Waals surface area contributed by atoms with E-state index in [0.717, 1.165) is 32.1 Å². The van der Waals surface area contributed by atoms with Gasteiger partial charge in [0.15, 0.2) is 16.6 Å². The van der Waals surface area contributed by atoms with Crippen molar-refractivity contribution in [1.29, 1.82) is 0 Å². The third-order valence-electron chi connectivity index (χ3n) is 10.1. The molecule has 1 unspecified atom stereocenters. The van der Waals surface area contributed by atoms with E-state index in [2.05, 4.69) is 117 Å². The third-order valence-corrected chi connectivity index (χ3v) is 19.1. The van der Waals surface area contributed by atoms with E-state index in [-0.39, 0.29) is 34.2 Å². The minimum atomic E-state index is -1.94. The van der Waals surface area contributed by atoms with Crippen molar-refractivity contribution in [3.8, 4) is 0 Å². The fourth-order valence-corrected chi connectivity index (χ4v) is 7.87. The summed E-state index contributed by atoms with van der Waals surface area (Å²) in [7, 11) is -2.40. The molecule has 43 heavy (non-hydrogen) atoms. The van der Waals surface area contributed by atoms with Crippen LogP contribution in [0, 0.1) is 0 Å². The topological polar surface area (TPSA) is 44.8 Å². The van der Waals surface area contributed by atoms with Crippen molar-refractivity contribution in [2.75, 3.05) is 7.11 Å². The second kappa shape index (κ2) is 16.2. The predicted octanol–water partition coefficient (Wildman–Crippen LogP) is 11.4. The average molecular weight is 629 g/mol. The molecule has 0 bridgehead atoms. The summed E-state index contributed by atoms with van der Waals surface area (Å²) in [6.45, 7) is 25.7. The number of hydrogen-bond donors (Lipinski definition) is 0. The Morgan fingerprint density at radius 3 is 2.12 bits per heavy atom. The predicted molar refractivity (Wildman–Crippen MR) is 189 cm³/mol. The summed E-state index contributed by atoms with van der Waals surface area (Å²) in [6.07, 6.45) is 16.0. The second-order valence-corrected chi connectivity index (χ2v) is 25.1. The Morgan fingerprint density at radius 1 is 0.930 bits per heavy atom. The Labute approximate surface area is 267 Å². The van der Waals surface area contributed by atoms with E-state index in [1.54, 1.807) is 0 Å². The summed E-state index contributed by atoms with van der Waals surface area (Å²) in [5.41, 5.74) is 4.09. The zero-order valence-corrected chi connectivity index (χ0v) is 31.8. The van der Waals surface area contributed by atoms with Crippen molar-refractivity contribution in [3.63, 3.8) is 0 Å². The maximum atomic E-state index is 11.4. The van der Waals surface area contributed by atoms with Crippen LogP contribution in [0.4, 0.5) is 0 Å². The molecule has 0 saturated carbocycles. The largest absolute Gasteiger partial charge is 0.469 e. The highest BCUT2D eigenvalue weighted by Crippen LogP contribution is 2.46. The quantitative estimate of drug-likeness (QED) is 0.0790. The molecule has 0 saturated heterocycles. The summed E-state index contributed by atoms with van der Waals surface area (Å²) in [5.74, 6) is 0.117. The first kappa shape index (κ1) is 37.7. The number of methoxy groups -OCH3 is 1. The molecule has 2 rings (SSSR count). The molecule has 0 aliphatic heterocycles. The molecule has 1 aromatic rings. The lowest BCUT2D eigenvalue weighted by Crippen LogP contribution is -2.44. The Bertz CT molecular complexity index is 1060. The molecule has 0 amide bonds. The van der Waals surface area contributed by atoms with E-state index in [1.807, 2.05) is 0 Å². The summed E-state index contributed by atoms with van der Waals surface area (Å²) < 4.78 is 18.9. The van der Waals surface area contributed by atoms with Gasteiger partial charge in [-0.05, 0) is 79.5 Å². The number of unbranched alkanes of at least 4 members (excludes halogenated alkanes) is 3. The smallest absolute Gasteiger partial charge is 0.305 e. The maximum Gasteiger partial charge on any atom is 0.305 e. The van der Waals surface area contributed by atoms with E-state index in [9.17, 15) is 4.79 Å². The van der Waals surface area contributed by atoms with Gasteiger partial charge in [0, 0.05) is 12.3 Å². The first-order valence-electron chi connectivity index (χ1n) is 16.8. The molecule has 0 heterocycles. The first-order valence-corrected chi connectivity index (χ1v) is 22.6. The molecule has 0 radical (unpaired) electrons. The number of rotatable bonds is 16. The number of carbonyl (C=O) groups is 1. The van der Waals surface area contributed by atoms with Gasteiger partial charge in [-0.3, -0.25) is 4.79 Å². The van der Waals surface area contributed by atoms with Crippen LogP contribution in [0.15, 0.2) is 48.1 Å². The van der Waals surface area contributed by atoms with Gasteiger partial charge < -0.3 is 13.6 Å². The van der Waals surface area contributed by atoms with Crippen LogP contribution < -0.4 is 0 Å². The van der Waals surface area contributed by atoms with Crippen molar-refractivity contribution in [2.45, 2.75) is 161 Å². The number of ether oxygens (including phenoxy) is 1. The lowest BCUT2D eigenvalue weighted by molar-refractivity contribution is -0.140.